The van der Waals surface area contributed by atoms with E-state index in [1.807, 2.05) is 0 Å². The fourth-order valence-electron chi connectivity index (χ4n) is 1.89. The molecule has 1 aromatic heterocycles. The Bertz CT molecular complexity index is 725. The maximum atomic E-state index is 12.8. The van der Waals surface area contributed by atoms with Gasteiger partial charge in [0.2, 0.25) is 5.88 Å². The van der Waals surface area contributed by atoms with Crippen molar-refractivity contribution < 1.29 is 22.7 Å². The van der Waals surface area contributed by atoms with E-state index < -0.39 is 23.5 Å². The van der Waals surface area contributed by atoms with Crippen LogP contribution in [0.4, 0.5) is 23.7 Å². The minimum absolute atomic E-state index is 0.00616. The van der Waals surface area contributed by atoms with Gasteiger partial charge in [-0.25, -0.2) is 4.79 Å². The Morgan fingerprint density at radius 3 is 2.70 bits per heavy atom. The number of aryl methyl sites for hydroxylation is 1. The smallest absolute Gasteiger partial charge is 0.418 e. The van der Waals surface area contributed by atoms with Crippen molar-refractivity contribution >= 4 is 11.7 Å². The Hall–Kier alpha value is -2.71. The first-order valence-electron chi connectivity index (χ1n) is 6.71. The molecule has 1 amide bonds. The molecule has 0 saturated heterocycles. The predicted molar refractivity (Wildman–Crippen MR) is 77.4 cm³/mol. The minimum atomic E-state index is -4.58. The van der Waals surface area contributed by atoms with Crippen LogP contribution in [-0.2, 0) is 6.18 Å². The van der Waals surface area contributed by atoms with Crippen LogP contribution >= 0.6 is 0 Å². The number of aromatic nitrogens is 2. The third kappa shape index (κ3) is 3.74. The molecule has 0 saturated carbocycles. The number of carbonyl (C=O) groups excluding carboxylic acids is 1. The molecule has 1 aromatic carbocycles. The van der Waals surface area contributed by atoms with E-state index in [2.05, 4.69) is 10.4 Å². The van der Waals surface area contributed by atoms with Crippen molar-refractivity contribution in [2.24, 2.45) is 0 Å². The van der Waals surface area contributed by atoms with Gasteiger partial charge in [-0.2, -0.15) is 17.9 Å². The SMILES string of the molecule is CCNC(=O)n1nc(Oc2ccc(N)c(C(F)(F)F)c2)cc1C. The summed E-state index contributed by atoms with van der Waals surface area (Å²) in [6.07, 6.45) is -4.58. The third-order valence-electron chi connectivity index (χ3n) is 2.94. The number of halogens is 3. The average Bonchev–Trinajstić information content (AvgIpc) is 2.81. The second kappa shape index (κ2) is 6.19. The lowest BCUT2D eigenvalue weighted by Gasteiger charge is -2.11. The average molecular weight is 328 g/mol. The van der Waals surface area contributed by atoms with Gasteiger partial charge in [0.25, 0.3) is 0 Å². The lowest BCUT2D eigenvalue weighted by atomic mass is 10.1. The number of hydrogen-bond acceptors (Lipinski definition) is 4. The number of nitrogens with zero attached hydrogens (tertiary/aromatic N) is 2. The zero-order valence-corrected chi connectivity index (χ0v) is 12.4. The van der Waals surface area contributed by atoms with Crippen LogP contribution in [0.15, 0.2) is 24.3 Å². The van der Waals surface area contributed by atoms with Gasteiger partial charge in [0.1, 0.15) is 5.75 Å². The largest absolute Gasteiger partial charge is 0.438 e. The van der Waals surface area contributed by atoms with Crippen molar-refractivity contribution in [1.82, 2.24) is 15.1 Å². The lowest BCUT2D eigenvalue weighted by Crippen LogP contribution is -2.29. The summed E-state index contributed by atoms with van der Waals surface area (Å²) in [5, 5.41) is 6.46. The summed E-state index contributed by atoms with van der Waals surface area (Å²) in [5.41, 5.74) is 4.42. The Morgan fingerprint density at radius 1 is 1.39 bits per heavy atom. The number of benzene rings is 1. The number of anilines is 1. The number of ether oxygens (including phenoxy) is 1. The number of nitrogens with two attached hydrogens (primary N) is 1. The molecule has 0 aliphatic rings. The molecule has 0 fully saturated rings. The molecular weight excluding hydrogens is 313 g/mol. The topological polar surface area (TPSA) is 82.2 Å². The van der Waals surface area contributed by atoms with E-state index in [1.54, 1.807) is 13.8 Å². The summed E-state index contributed by atoms with van der Waals surface area (Å²) in [6.45, 7) is 3.79. The van der Waals surface area contributed by atoms with Crippen LogP contribution in [0.3, 0.4) is 0 Å². The number of alkyl halides is 3. The van der Waals surface area contributed by atoms with Gasteiger partial charge in [-0.3, -0.25) is 0 Å². The Balaban J connectivity index is 2.27. The van der Waals surface area contributed by atoms with E-state index >= 15 is 0 Å². The van der Waals surface area contributed by atoms with Crippen LogP contribution in [-0.4, -0.2) is 22.4 Å². The van der Waals surface area contributed by atoms with Crippen molar-refractivity contribution in [3.63, 3.8) is 0 Å². The van der Waals surface area contributed by atoms with E-state index in [0.717, 1.165) is 16.8 Å². The number of carbonyl (C=O) groups is 1. The first kappa shape index (κ1) is 16.7. The van der Waals surface area contributed by atoms with Crippen molar-refractivity contribution in [2.75, 3.05) is 12.3 Å². The van der Waals surface area contributed by atoms with E-state index in [1.165, 1.54) is 12.1 Å². The molecule has 2 aromatic rings. The molecule has 0 aliphatic heterocycles. The summed E-state index contributed by atoms with van der Waals surface area (Å²) in [7, 11) is 0. The number of hydrogen-bond donors (Lipinski definition) is 2. The van der Waals surface area contributed by atoms with Gasteiger partial charge in [0, 0.05) is 18.3 Å². The Labute approximate surface area is 130 Å². The molecule has 2 rings (SSSR count). The fraction of sp³-hybridized carbons (Fsp3) is 0.286. The van der Waals surface area contributed by atoms with Crippen molar-refractivity contribution in [3.05, 3.63) is 35.5 Å². The standard InChI is InChI=1S/C14H15F3N4O2/c1-3-19-13(22)21-8(2)6-12(20-21)23-9-4-5-11(18)10(7-9)14(15,16)17/h4-7H,3,18H2,1-2H3,(H,19,22). The van der Waals surface area contributed by atoms with Crippen molar-refractivity contribution in [3.8, 4) is 11.6 Å². The van der Waals surface area contributed by atoms with Crippen LogP contribution in [0.5, 0.6) is 11.6 Å². The fourth-order valence-corrected chi connectivity index (χ4v) is 1.89. The summed E-state index contributed by atoms with van der Waals surface area (Å²) in [4.78, 5) is 11.7. The van der Waals surface area contributed by atoms with E-state index in [9.17, 15) is 18.0 Å². The highest BCUT2D eigenvalue weighted by Gasteiger charge is 2.33. The quantitative estimate of drug-likeness (QED) is 0.848. The molecule has 0 bridgehead atoms. The molecule has 9 heteroatoms. The first-order valence-corrected chi connectivity index (χ1v) is 6.71. The van der Waals surface area contributed by atoms with Gasteiger partial charge in [-0.05, 0) is 32.0 Å². The van der Waals surface area contributed by atoms with Gasteiger partial charge in [-0.1, -0.05) is 0 Å². The molecule has 0 unspecified atom stereocenters. The predicted octanol–water partition coefficient (Wildman–Crippen LogP) is 3.16. The summed E-state index contributed by atoms with van der Waals surface area (Å²) in [5.74, 6) is -0.0706. The molecule has 0 aliphatic carbocycles. The normalized spacial score (nSPS) is 11.3. The van der Waals surface area contributed by atoms with E-state index in [-0.39, 0.29) is 11.6 Å². The number of amides is 1. The maximum absolute atomic E-state index is 12.8. The van der Waals surface area contributed by atoms with Gasteiger partial charge in [0.05, 0.1) is 11.3 Å². The Morgan fingerprint density at radius 2 is 2.09 bits per heavy atom. The summed E-state index contributed by atoms with van der Waals surface area (Å²) < 4.78 is 44.8. The number of nitrogens with one attached hydrogen (secondary N) is 1. The second-order valence-electron chi connectivity index (χ2n) is 4.72. The van der Waals surface area contributed by atoms with Gasteiger partial charge >= 0.3 is 12.2 Å². The van der Waals surface area contributed by atoms with Crippen LogP contribution < -0.4 is 15.8 Å². The van der Waals surface area contributed by atoms with Crippen molar-refractivity contribution in [2.45, 2.75) is 20.0 Å². The molecule has 0 atom stereocenters. The van der Waals surface area contributed by atoms with Gasteiger partial charge in [0.15, 0.2) is 0 Å². The summed E-state index contributed by atoms with van der Waals surface area (Å²) >= 11 is 0. The molecule has 1 heterocycles. The molecule has 23 heavy (non-hydrogen) atoms. The highest BCUT2D eigenvalue weighted by Crippen LogP contribution is 2.36. The molecule has 3 N–H and O–H groups in total. The van der Waals surface area contributed by atoms with E-state index in [0.29, 0.717) is 12.2 Å². The molecule has 0 spiro atoms. The highest BCUT2D eigenvalue weighted by atomic mass is 19.4. The lowest BCUT2D eigenvalue weighted by molar-refractivity contribution is -0.137. The number of rotatable bonds is 3. The van der Waals surface area contributed by atoms with Gasteiger partial charge < -0.3 is 15.8 Å². The van der Waals surface area contributed by atoms with Gasteiger partial charge in [-0.15, -0.1) is 5.10 Å². The molecule has 124 valence electrons. The van der Waals surface area contributed by atoms with Crippen LogP contribution in [0.25, 0.3) is 0 Å². The van der Waals surface area contributed by atoms with Crippen LogP contribution in [0, 0.1) is 6.92 Å². The number of nitrogen functional groups attached to an aromatic ring is 1. The van der Waals surface area contributed by atoms with Crippen molar-refractivity contribution in [1.29, 1.82) is 0 Å². The zero-order chi connectivity index (χ0) is 17.2. The maximum Gasteiger partial charge on any atom is 0.418 e. The highest BCUT2D eigenvalue weighted by molar-refractivity contribution is 5.76. The second-order valence-corrected chi connectivity index (χ2v) is 4.72. The molecule has 0 radical (unpaired) electrons. The first-order chi connectivity index (χ1) is 10.7. The summed E-state index contributed by atoms with van der Waals surface area (Å²) in [6, 6.07) is 4.18. The zero-order valence-electron chi connectivity index (χ0n) is 12.4. The van der Waals surface area contributed by atoms with Crippen LogP contribution in [0.2, 0.25) is 0 Å². The Kier molecular flexibility index (Phi) is 4.48. The monoisotopic (exact) mass is 328 g/mol. The molecular formula is C14H15F3N4O2. The van der Waals surface area contributed by atoms with E-state index in [4.69, 9.17) is 10.5 Å². The minimum Gasteiger partial charge on any atom is -0.438 e. The van der Waals surface area contributed by atoms with Crippen LogP contribution in [0.1, 0.15) is 18.2 Å². The molecule has 6 nitrogen and oxygen atoms in total. The third-order valence-corrected chi connectivity index (χ3v) is 2.94.